The lowest BCUT2D eigenvalue weighted by atomic mass is 10.3. The van der Waals surface area contributed by atoms with Crippen molar-refractivity contribution in [3.05, 3.63) is 29.6 Å². The summed E-state index contributed by atoms with van der Waals surface area (Å²) in [5, 5.41) is 8.58. The van der Waals surface area contributed by atoms with Gasteiger partial charge in [0.05, 0.1) is 5.69 Å². The maximum atomic E-state index is 8.58. The Labute approximate surface area is 83.4 Å². The molecule has 13 heavy (non-hydrogen) atoms. The summed E-state index contributed by atoms with van der Waals surface area (Å²) < 4.78 is 0. The molecule has 0 aliphatic heterocycles. The van der Waals surface area contributed by atoms with Gasteiger partial charge in [-0.25, -0.2) is 0 Å². The van der Waals surface area contributed by atoms with E-state index >= 15 is 0 Å². The van der Waals surface area contributed by atoms with E-state index in [4.69, 9.17) is 5.11 Å². The molecule has 1 aromatic heterocycles. The van der Waals surface area contributed by atoms with Crippen LogP contribution < -0.4 is 0 Å². The Bertz CT molecular complexity index is 252. The SMILES string of the molecule is Cc1cccc(CSCCCO)n1. The summed E-state index contributed by atoms with van der Waals surface area (Å²) in [7, 11) is 0. The molecule has 0 radical (unpaired) electrons. The molecule has 0 aliphatic carbocycles. The van der Waals surface area contributed by atoms with E-state index in [9.17, 15) is 0 Å². The van der Waals surface area contributed by atoms with Crippen LogP contribution in [-0.2, 0) is 5.75 Å². The second-order valence-corrected chi connectivity index (χ2v) is 4.01. The Hall–Kier alpha value is -0.540. The minimum atomic E-state index is 0.286. The number of aliphatic hydroxyl groups excluding tert-OH is 1. The van der Waals surface area contributed by atoms with Crippen molar-refractivity contribution in [3.8, 4) is 0 Å². The van der Waals surface area contributed by atoms with Gasteiger partial charge in [0.1, 0.15) is 0 Å². The molecule has 1 rings (SSSR count). The van der Waals surface area contributed by atoms with Gasteiger partial charge in [0.2, 0.25) is 0 Å². The number of rotatable bonds is 5. The molecule has 0 unspecified atom stereocenters. The van der Waals surface area contributed by atoms with Crippen LogP contribution in [-0.4, -0.2) is 22.5 Å². The maximum absolute atomic E-state index is 8.58. The standard InChI is InChI=1S/C10H15NOS/c1-9-4-2-5-10(11-9)8-13-7-3-6-12/h2,4-5,12H,3,6-8H2,1H3. The van der Waals surface area contributed by atoms with Crippen molar-refractivity contribution < 1.29 is 5.11 Å². The smallest absolute Gasteiger partial charge is 0.0505 e. The van der Waals surface area contributed by atoms with Crippen molar-refractivity contribution in [3.63, 3.8) is 0 Å². The minimum Gasteiger partial charge on any atom is -0.396 e. The van der Waals surface area contributed by atoms with E-state index in [1.165, 1.54) is 0 Å². The number of nitrogens with zero attached hydrogens (tertiary/aromatic N) is 1. The third-order valence-corrected chi connectivity index (χ3v) is 2.72. The zero-order chi connectivity index (χ0) is 9.52. The lowest BCUT2D eigenvalue weighted by Crippen LogP contribution is -1.91. The lowest BCUT2D eigenvalue weighted by Gasteiger charge is -2.00. The van der Waals surface area contributed by atoms with Crippen molar-refractivity contribution in [2.45, 2.75) is 19.1 Å². The van der Waals surface area contributed by atoms with E-state index in [-0.39, 0.29) is 6.61 Å². The molecule has 1 N–H and O–H groups in total. The molecule has 2 nitrogen and oxygen atoms in total. The number of pyridine rings is 1. The van der Waals surface area contributed by atoms with E-state index in [1.54, 1.807) is 0 Å². The first-order chi connectivity index (χ1) is 6.33. The molecular weight excluding hydrogens is 182 g/mol. The fraction of sp³-hybridized carbons (Fsp3) is 0.500. The van der Waals surface area contributed by atoms with Crippen LogP contribution in [0.3, 0.4) is 0 Å². The third-order valence-electron chi connectivity index (χ3n) is 1.64. The molecule has 0 fully saturated rings. The molecule has 0 atom stereocenters. The van der Waals surface area contributed by atoms with E-state index in [0.717, 1.165) is 29.3 Å². The van der Waals surface area contributed by atoms with Crippen molar-refractivity contribution in [1.29, 1.82) is 0 Å². The number of hydrogen-bond acceptors (Lipinski definition) is 3. The van der Waals surface area contributed by atoms with Crippen LogP contribution in [0, 0.1) is 6.92 Å². The molecule has 1 aromatic rings. The van der Waals surface area contributed by atoms with Gasteiger partial charge in [0, 0.05) is 18.1 Å². The molecule has 3 heteroatoms. The van der Waals surface area contributed by atoms with Gasteiger partial charge in [-0.1, -0.05) is 6.07 Å². The van der Waals surface area contributed by atoms with Gasteiger partial charge in [-0.2, -0.15) is 11.8 Å². The highest BCUT2D eigenvalue weighted by Crippen LogP contribution is 2.11. The highest BCUT2D eigenvalue weighted by molar-refractivity contribution is 7.98. The Morgan fingerprint density at radius 1 is 1.46 bits per heavy atom. The molecule has 0 spiro atoms. The van der Waals surface area contributed by atoms with E-state index in [2.05, 4.69) is 4.98 Å². The van der Waals surface area contributed by atoms with Gasteiger partial charge >= 0.3 is 0 Å². The normalized spacial score (nSPS) is 10.3. The van der Waals surface area contributed by atoms with Crippen LogP contribution in [0.2, 0.25) is 0 Å². The maximum Gasteiger partial charge on any atom is 0.0505 e. The zero-order valence-corrected chi connectivity index (χ0v) is 8.68. The third kappa shape index (κ3) is 4.29. The van der Waals surface area contributed by atoms with Gasteiger partial charge in [0.25, 0.3) is 0 Å². The van der Waals surface area contributed by atoms with Crippen molar-refractivity contribution in [2.24, 2.45) is 0 Å². The largest absolute Gasteiger partial charge is 0.396 e. The average Bonchev–Trinajstić information content (AvgIpc) is 2.13. The zero-order valence-electron chi connectivity index (χ0n) is 7.86. The van der Waals surface area contributed by atoms with E-state index < -0.39 is 0 Å². The Kier molecular flexibility index (Phi) is 4.86. The second-order valence-electron chi connectivity index (χ2n) is 2.90. The number of hydrogen-bond donors (Lipinski definition) is 1. The van der Waals surface area contributed by atoms with Gasteiger partial charge in [-0.15, -0.1) is 0 Å². The first-order valence-corrected chi connectivity index (χ1v) is 5.59. The molecule has 0 bridgehead atoms. The predicted octanol–water partition coefficient (Wildman–Crippen LogP) is 2.01. The first kappa shape index (κ1) is 10.5. The van der Waals surface area contributed by atoms with Crippen molar-refractivity contribution in [1.82, 2.24) is 4.98 Å². The summed E-state index contributed by atoms with van der Waals surface area (Å²) in [6.45, 7) is 2.29. The predicted molar refractivity (Wildman–Crippen MR) is 56.8 cm³/mol. The van der Waals surface area contributed by atoms with Crippen LogP contribution >= 0.6 is 11.8 Å². The average molecular weight is 197 g/mol. The number of aliphatic hydroxyl groups is 1. The van der Waals surface area contributed by atoms with Crippen molar-refractivity contribution >= 4 is 11.8 Å². The highest BCUT2D eigenvalue weighted by atomic mass is 32.2. The highest BCUT2D eigenvalue weighted by Gasteiger charge is 1.94. The van der Waals surface area contributed by atoms with E-state index in [1.807, 2.05) is 36.9 Å². The van der Waals surface area contributed by atoms with Crippen LogP contribution in [0.4, 0.5) is 0 Å². The molecule has 1 heterocycles. The summed E-state index contributed by atoms with van der Waals surface area (Å²) in [6.07, 6.45) is 0.872. The van der Waals surface area contributed by atoms with Crippen molar-refractivity contribution in [2.75, 3.05) is 12.4 Å². The Morgan fingerprint density at radius 2 is 2.31 bits per heavy atom. The van der Waals surface area contributed by atoms with Gasteiger partial charge in [-0.3, -0.25) is 4.98 Å². The number of aromatic nitrogens is 1. The molecule has 0 saturated carbocycles. The van der Waals surface area contributed by atoms with Gasteiger partial charge < -0.3 is 5.11 Å². The molecule has 0 saturated heterocycles. The Morgan fingerprint density at radius 3 is 3.00 bits per heavy atom. The van der Waals surface area contributed by atoms with Gasteiger partial charge in [0.15, 0.2) is 0 Å². The van der Waals surface area contributed by atoms with Gasteiger partial charge in [-0.05, 0) is 31.2 Å². The molecular formula is C10H15NOS. The summed E-state index contributed by atoms with van der Waals surface area (Å²) in [6, 6.07) is 6.07. The molecule has 0 aromatic carbocycles. The lowest BCUT2D eigenvalue weighted by molar-refractivity contribution is 0.296. The summed E-state index contributed by atoms with van der Waals surface area (Å²) >= 11 is 1.82. The fourth-order valence-electron chi connectivity index (χ4n) is 1.02. The molecule has 0 amide bonds. The monoisotopic (exact) mass is 197 g/mol. The first-order valence-electron chi connectivity index (χ1n) is 4.44. The van der Waals surface area contributed by atoms with Crippen LogP contribution in [0.15, 0.2) is 18.2 Å². The summed E-state index contributed by atoms with van der Waals surface area (Å²) in [4.78, 5) is 4.39. The fourth-order valence-corrected chi connectivity index (χ4v) is 1.87. The Balaban J connectivity index is 2.28. The minimum absolute atomic E-state index is 0.286. The van der Waals surface area contributed by atoms with Crippen LogP contribution in [0.1, 0.15) is 17.8 Å². The second kappa shape index (κ2) is 6.00. The summed E-state index contributed by atoms with van der Waals surface area (Å²) in [5.74, 6) is 1.95. The number of aryl methyl sites for hydroxylation is 1. The van der Waals surface area contributed by atoms with Crippen LogP contribution in [0.5, 0.6) is 0 Å². The number of thioether (sulfide) groups is 1. The van der Waals surface area contributed by atoms with Crippen LogP contribution in [0.25, 0.3) is 0 Å². The molecule has 72 valence electrons. The quantitative estimate of drug-likeness (QED) is 0.733. The summed E-state index contributed by atoms with van der Waals surface area (Å²) in [5.41, 5.74) is 2.20. The topological polar surface area (TPSA) is 33.1 Å². The van der Waals surface area contributed by atoms with E-state index in [0.29, 0.717) is 0 Å². The molecule has 0 aliphatic rings.